The molecule has 1 aliphatic rings. The molecule has 1 amide bonds. The van der Waals surface area contributed by atoms with Gasteiger partial charge in [-0.15, -0.1) is 0 Å². The molecule has 0 aliphatic carbocycles. The SMILES string of the molecule is O=Cc1cc(C(=O)N2CCCC(c3ncon3)C2)ccc1B(O)O. The van der Waals surface area contributed by atoms with Gasteiger partial charge in [-0.05, 0) is 30.4 Å². The second kappa shape index (κ2) is 6.94. The molecule has 9 heteroatoms. The quantitative estimate of drug-likeness (QED) is 0.578. The summed E-state index contributed by atoms with van der Waals surface area (Å²) in [5, 5.41) is 22.3. The van der Waals surface area contributed by atoms with Crippen molar-refractivity contribution in [1.29, 1.82) is 0 Å². The van der Waals surface area contributed by atoms with E-state index in [1.807, 2.05) is 0 Å². The Morgan fingerprint density at radius 3 is 2.92 bits per heavy atom. The van der Waals surface area contributed by atoms with Crippen LogP contribution in [0.4, 0.5) is 0 Å². The Bertz CT molecular complexity index is 735. The minimum absolute atomic E-state index is 0.0190. The number of hydrogen-bond donors (Lipinski definition) is 2. The lowest BCUT2D eigenvalue weighted by molar-refractivity contribution is 0.0703. The van der Waals surface area contributed by atoms with Crippen LogP contribution in [0.15, 0.2) is 29.1 Å². The predicted molar refractivity (Wildman–Crippen MR) is 83.8 cm³/mol. The van der Waals surface area contributed by atoms with Gasteiger partial charge < -0.3 is 19.5 Å². The van der Waals surface area contributed by atoms with Crippen molar-refractivity contribution in [3.8, 4) is 0 Å². The van der Waals surface area contributed by atoms with Gasteiger partial charge in [0.05, 0.1) is 0 Å². The van der Waals surface area contributed by atoms with Gasteiger partial charge in [0.15, 0.2) is 5.82 Å². The van der Waals surface area contributed by atoms with Crippen molar-refractivity contribution in [3.63, 3.8) is 0 Å². The monoisotopic (exact) mass is 329 g/mol. The molecule has 0 radical (unpaired) electrons. The van der Waals surface area contributed by atoms with E-state index < -0.39 is 7.12 Å². The van der Waals surface area contributed by atoms with Crippen LogP contribution in [0, 0.1) is 0 Å². The van der Waals surface area contributed by atoms with Gasteiger partial charge in [-0.1, -0.05) is 11.2 Å². The zero-order valence-corrected chi connectivity index (χ0v) is 12.8. The minimum Gasteiger partial charge on any atom is -0.423 e. The third-order valence-electron chi connectivity index (χ3n) is 4.19. The van der Waals surface area contributed by atoms with Crippen molar-refractivity contribution in [2.24, 2.45) is 0 Å². The molecule has 1 unspecified atom stereocenters. The fourth-order valence-electron chi connectivity index (χ4n) is 2.96. The van der Waals surface area contributed by atoms with E-state index in [9.17, 15) is 19.6 Å². The summed E-state index contributed by atoms with van der Waals surface area (Å²) < 4.78 is 4.76. The zero-order chi connectivity index (χ0) is 17.1. The molecule has 0 bridgehead atoms. The first-order chi connectivity index (χ1) is 11.6. The summed E-state index contributed by atoms with van der Waals surface area (Å²) in [5.41, 5.74) is 0.489. The lowest BCUT2D eigenvalue weighted by Gasteiger charge is -2.31. The van der Waals surface area contributed by atoms with Crippen molar-refractivity contribution < 1.29 is 24.2 Å². The number of amides is 1. The Kier molecular flexibility index (Phi) is 4.72. The molecule has 2 heterocycles. The third-order valence-corrected chi connectivity index (χ3v) is 4.19. The van der Waals surface area contributed by atoms with Gasteiger partial charge in [-0.3, -0.25) is 9.59 Å². The molecular weight excluding hydrogens is 313 g/mol. The molecule has 1 atom stereocenters. The number of piperidine rings is 1. The molecule has 0 saturated carbocycles. The number of benzene rings is 1. The molecule has 1 fully saturated rings. The molecule has 8 nitrogen and oxygen atoms in total. The molecule has 1 aliphatic heterocycles. The van der Waals surface area contributed by atoms with Crippen molar-refractivity contribution >= 4 is 24.8 Å². The first-order valence-corrected chi connectivity index (χ1v) is 7.61. The molecule has 1 saturated heterocycles. The molecule has 2 aromatic rings. The van der Waals surface area contributed by atoms with Gasteiger partial charge in [0, 0.05) is 30.1 Å². The standard InChI is InChI=1S/C15H16BN3O5/c20-8-12-6-10(3-4-13(12)16(22)23)15(21)19-5-1-2-11(7-19)14-17-9-24-18-14/h3-4,6,8-9,11,22-23H,1-2,5,7H2. The van der Waals surface area contributed by atoms with Crippen LogP contribution >= 0.6 is 0 Å². The highest BCUT2D eigenvalue weighted by molar-refractivity contribution is 6.60. The van der Waals surface area contributed by atoms with Crippen LogP contribution in [0.5, 0.6) is 0 Å². The number of likely N-dealkylation sites (tertiary alicyclic amines) is 1. The van der Waals surface area contributed by atoms with Gasteiger partial charge in [0.25, 0.3) is 5.91 Å². The van der Waals surface area contributed by atoms with Crippen LogP contribution in [0.3, 0.4) is 0 Å². The van der Waals surface area contributed by atoms with Gasteiger partial charge >= 0.3 is 7.12 Å². The fraction of sp³-hybridized carbons (Fsp3) is 0.333. The van der Waals surface area contributed by atoms with Gasteiger partial charge in [0.1, 0.15) is 6.29 Å². The topological polar surface area (TPSA) is 117 Å². The van der Waals surface area contributed by atoms with E-state index in [0.29, 0.717) is 30.8 Å². The predicted octanol–water partition coefficient (Wildman–Crippen LogP) is -0.418. The molecule has 24 heavy (non-hydrogen) atoms. The number of aldehydes is 1. The van der Waals surface area contributed by atoms with Gasteiger partial charge in [-0.2, -0.15) is 4.98 Å². The number of nitrogens with zero attached hydrogens (tertiary/aromatic N) is 3. The van der Waals surface area contributed by atoms with E-state index in [1.54, 1.807) is 4.90 Å². The third kappa shape index (κ3) is 3.22. The van der Waals surface area contributed by atoms with Crippen molar-refractivity contribution in [2.45, 2.75) is 18.8 Å². The van der Waals surface area contributed by atoms with Crippen molar-refractivity contribution in [1.82, 2.24) is 15.0 Å². The molecule has 2 N–H and O–H groups in total. The van der Waals surface area contributed by atoms with Gasteiger partial charge in [0.2, 0.25) is 6.39 Å². The maximum absolute atomic E-state index is 12.7. The van der Waals surface area contributed by atoms with Crippen LogP contribution < -0.4 is 5.46 Å². The first kappa shape index (κ1) is 16.3. The van der Waals surface area contributed by atoms with E-state index >= 15 is 0 Å². The van der Waals surface area contributed by atoms with Crippen molar-refractivity contribution in [3.05, 3.63) is 41.5 Å². The highest BCUT2D eigenvalue weighted by Crippen LogP contribution is 2.25. The number of aromatic nitrogens is 2. The van der Waals surface area contributed by atoms with E-state index in [4.69, 9.17) is 4.52 Å². The summed E-state index contributed by atoms with van der Waals surface area (Å²) >= 11 is 0. The number of carbonyl (C=O) groups is 2. The summed E-state index contributed by atoms with van der Waals surface area (Å²) in [5.74, 6) is 0.385. The molecule has 1 aromatic heterocycles. The number of rotatable bonds is 4. The van der Waals surface area contributed by atoms with E-state index in [2.05, 4.69) is 10.1 Å². The Morgan fingerprint density at radius 2 is 2.25 bits per heavy atom. The van der Waals surface area contributed by atoms with Crippen LogP contribution in [0.2, 0.25) is 0 Å². The zero-order valence-electron chi connectivity index (χ0n) is 12.8. The summed E-state index contributed by atoms with van der Waals surface area (Å²) in [6.07, 6.45) is 3.47. The van der Waals surface area contributed by atoms with Crippen LogP contribution in [-0.4, -0.2) is 57.5 Å². The smallest absolute Gasteiger partial charge is 0.423 e. The summed E-state index contributed by atoms with van der Waals surface area (Å²) in [6.45, 7) is 1.08. The maximum atomic E-state index is 12.7. The Hall–Kier alpha value is -2.52. The first-order valence-electron chi connectivity index (χ1n) is 7.61. The molecule has 1 aromatic carbocycles. The second-order valence-corrected chi connectivity index (χ2v) is 5.71. The van der Waals surface area contributed by atoms with Crippen molar-refractivity contribution in [2.75, 3.05) is 13.1 Å². The Morgan fingerprint density at radius 1 is 1.42 bits per heavy atom. The number of hydrogen-bond acceptors (Lipinski definition) is 7. The Labute approximate surface area is 138 Å². The largest absolute Gasteiger partial charge is 0.489 e. The van der Waals surface area contributed by atoms with Crippen LogP contribution in [0.1, 0.15) is 45.3 Å². The second-order valence-electron chi connectivity index (χ2n) is 5.71. The average Bonchev–Trinajstić information content (AvgIpc) is 3.15. The average molecular weight is 329 g/mol. The van der Waals surface area contributed by atoms with E-state index in [0.717, 1.165) is 12.8 Å². The lowest BCUT2D eigenvalue weighted by atomic mass is 9.76. The number of carbonyl (C=O) groups excluding carboxylic acids is 2. The van der Waals surface area contributed by atoms with Crippen LogP contribution in [0.25, 0.3) is 0 Å². The summed E-state index contributed by atoms with van der Waals surface area (Å²) in [6, 6.07) is 4.24. The highest BCUT2D eigenvalue weighted by atomic mass is 16.5. The highest BCUT2D eigenvalue weighted by Gasteiger charge is 2.28. The van der Waals surface area contributed by atoms with Crippen LogP contribution in [-0.2, 0) is 0 Å². The molecular formula is C15H16BN3O5. The van der Waals surface area contributed by atoms with E-state index in [1.165, 1.54) is 24.6 Å². The van der Waals surface area contributed by atoms with Gasteiger partial charge in [-0.25, -0.2) is 0 Å². The minimum atomic E-state index is -1.76. The fourth-order valence-corrected chi connectivity index (χ4v) is 2.96. The summed E-state index contributed by atoms with van der Waals surface area (Å²) in [4.78, 5) is 29.5. The Balaban J connectivity index is 1.79. The van der Waals surface area contributed by atoms with E-state index in [-0.39, 0.29) is 22.9 Å². The lowest BCUT2D eigenvalue weighted by Crippen LogP contribution is -2.40. The molecule has 124 valence electrons. The summed E-state index contributed by atoms with van der Waals surface area (Å²) in [7, 11) is -1.76. The molecule has 0 spiro atoms. The maximum Gasteiger partial charge on any atom is 0.489 e. The normalized spacial score (nSPS) is 17.6. The molecule has 3 rings (SSSR count).